The first kappa shape index (κ1) is 16.7. The number of rotatable bonds is 3. The first-order valence-electron chi connectivity index (χ1n) is 8.69. The van der Waals surface area contributed by atoms with Gasteiger partial charge in [0.15, 0.2) is 5.13 Å². The number of aromatic nitrogens is 1. The van der Waals surface area contributed by atoms with Crippen LogP contribution in [0.5, 0.6) is 0 Å². The summed E-state index contributed by atoms with van der Waals surface area (Å²) in [5.74, 6) is 0.968. The van der Waals surface area contributed by atoms with Crippen molar-refractivity contribution in [1.29, 1.82) is 0 Å². The van der Waals surface area contributed by atoms with E-state index < -0.39 is 0 Å². The molecule has 2 fully saturated rings. The van der Waals surface area contributed by atoms with Gasteiger partial charge in [0, 0.05) is 57.6 Å². The van der Waals surface area contributed by atoms with Crippen LogP contribution >= 0.6 is 11.3 Å². The van der Waals surface area contributed by atoms with Gasteiger partial charge in [0.05, 0.1) is 5.69 Å². The lowest BCUT2D eigenvalue weighted by atomic mass is 9.95. The molecule has 1 aromatic heterocycles. The second kappa shape index (κ2) is 7.18. The third kappa shape index (κ3) is 4.04. The molecule has 2 aliphatic rings. The zero-order chi connectivity index (χ0) is 16.4. The lowest BCUT2D eigenvalue weighted by Gasteiger charge is -2.42. The smallest absolute Gasteiger partial charge is 0.219 e. The van der Waals surface area contributed by atoms with Crippen molar-refractivity contribution < 1.29 is 4.79 Å². The lowest BCUT2D eigenvalue weighted by molar-refractivity contribution is -0.130. The molecular weight excluding hydrogens is 308 g/mol. The fourth-order valence-electron chi connectivity index (χ4n) is 3.75. The van der Waals surface area contributed by atoms with Crippen molar-refractivity contribution >= 4 is 22.4 Å². The fourth-order valence-corrected chi connectivity index (χ4v) is 4.68. The highest BCUT2D eigenvalue weighted by molar-refractivity contribution is 7.13. The maximum atomic E-state index is 11.4. The third-order valence-electron chi connectivity index (χ3n) is 5.14. The molecule has 0 spiro atoms. The second-order valence-electron chi connectivity index (χ2n) is 7.02. The zero-order valence-corrected chi connectivity index (χ0v) is 15.3. The van der Waals surface area contributed by atoms with E-state index in [4.69, 9.17) is 0 Å². The molecule has 0 unspecified atom stereocenters. The van der Waals surface area contributed by atoms with Gasteiger partial charge in [-0.15, -0.1) is 11.3 Å². The topological polar surface area (TPSA) is 39.7 Å². The molecule has 0 aromatic carbocycles. The molecule has 3 heterocycles. The highest BCUT2D eigenvalue weighted by atomic mass is 32.1. The Labute approximate surface area is 143 Å². The number of piperazine rings is 1. The molecule has 0 radical (unpaired) electrons. The Morgan fingerprint density at radius 1 is 1.30 bits per heavy atom. The number of thiazole rings is 1. The van der Waals surface area contributed by atoms with Gasteiger partial charge in [-0.1, -0.05) is 0 Å². The summed E-state index contributed by atoms with van der Waals surface area (Å²) in [6, 6.07) is 0.520. The molecule has 5 nitrogen and oxygen atoms in total. The molecule has 128 valence electrons. The number of likely N-dealkylation sites (tertiary alicyclic amines) is 1. The predicted molar refractivity (Wildman–Crippen MR) is 95.1 cm³/mol. The summed E-state index contributed by atoms with van der Waals surface area (Å²) in [7, 11) is 0. The van der Waals surface area contributed by atoms with Crippen molar-refractivity contribution in [3.63, 3.8) is 0 Å². The number of carbonyl (C=O) groups is 1. The van der Waals surface area contributed by atoms with E-state index in [0.717, 1.165) is 57.2 Å². The molecule has 0 N–H and O–H groups in total. The SMILES string of the molecule is CC(=O)N1CCC(CN2CCN(c3nc(C)cs3)[C@H](C)C2)CC1. The Kier molecular flexibility index (Phi) is 5.21. The van der Waals surface area contributed by atoms with Crippen molar-refractivity contribution in [3.05, 3.63) is 11.1 Å². The van der Waals surface area contributed by atoms with Crippen molar-refractivity contribution in [2.45, 2.75) is 39.7 Å². The maximum absolute atomic E-state index is 11.4. The minimum absolute atomic E-state index is 0.226. The normalized spacial score (nSPS) is 24.2. The Morgan fingerprint density at radius 2 is 2.04 bits per heavy atom. The van der Waals surface area contributed by atoms with E-state index in [1.54, 1.807) is 18.3 Å². The van der Waals surface area contributed by atoms with Crippen LogP contribution in [0.25, 0.3) is 0 Å². The van der Waals surface area contributed by atoms with Gasteiger partial charge in [-0.25, -0.2) is 4.98 Å². The van der Waals surface area contributed by atoms with Gasteiger partial charge in [-0.2, -0.15) is 0 Å². The first-order chi connectivity index (χ1) is 11.0. The van der Waals surface area contributed by atoms with Crippen LogP contribution in [0.3, 0.4) is 0 Å². The molecule has 0 saturated carbocycles. The minimum atomic E-state index is 0.226. The Morgan fingerprint density at radius 3 is 2.61 bits per heavy atom. The maximum Gasteiger partial charge on any atom is 0.219 e. The third-order valence-corrected chi connectivity index (χ3v) is 6.14. The van der Waals surface area contributed by atoms with Crippen LogP contribution < -0.4 is 4.90 Å². The highest BCUT2D eigenvalue weighted by Crippen LogP contribution is 2.26. The zero-order valence-electron chi connectivity index (χ0n) is 14.5. The van der Waals surface area contributed by atoms with Gasteiger partial charge < -0.3 is 9.80 Å². The summed E-state index contributed by atoms with van der Waals surface area (Å²) in [6.45, 7) is 12.4. The average Bonchev–Trinajstić information content (AvgIpc) is 2.94. The van der Waals surface area contributed by atoms with Gasteiger partial charge in [0.1, 0.15) is 0 Å². The van der Waals surface area contributed by atoms with Gasteiger partial charge in [-0.05, 0) is 32.6 Å². The lowest BCUT2D eigenvalue weighted by Crippen LogP contribution is -2.53. The standard InChI is InChI=1S/C17H28N4OS/c1-13-12-23-17(18-13)21-9-8-19(10-14(21)2)11-16-4-6-20(7-5-16)15(3)22/h12,14,16H,4-11H2,1-3H3/t14-/m1/s1. The van der Waals surface area contributed by atoms with E-state index >= 15 is 0 Å². The summed E-state index contributed by atoms with van der Waals surface area (Å²) in [5.41, 5.74) is 1.12. The van der Waals surface area contributed by atoms with E-state index in [2.05, 4.69) is 34.0 Å². The van der Waals surface area contributed by atoms with Crippen LogP contribution in [0.4, 0.5) is 5.13 Å². The van der Waals surface area contributed by atoms with Gasteiger partial charge in [0.25, 0.3) is 0 Å². The predicted octanol–water partition coefficient (Wildman–Crippen LogP) is 2.22. The number of piperidine rings is 1. The first-order valence-corrected chi connectivity index (χ1v) is 9.57. The molecule has 1 aromatic rings. The summed E-state index contributed by atoms with van der Waals surface area (Å²) in [6.07, 6.45) is 2.31. The van der Waals surface area contributed by atoms with Crippen LogP contribution in [0.15, 0.2) is 5.38 Å². The van der Waals surface area contributed by atoms with Crippen molar-refractivity contribution in [2.75, 3.05) is 44.2 Å². The summed E-state index contributed by atoms with van der Waals surface area (Å²) in [5, 5.41) is 3.31. The quantitative estimate of drug-likeness (QED) is 0.848. The van der Waals surface area contributed by atoms with Crippen molar-refractivity contribution in [2.24, 2.45) is 5.92 Å². The number of aryl methyl sites for hydroxylation is 1. The van der Waals surface area contributed by atoms with Gasteiger partial charge in [0.2, 0.25) is 5.91 Å². The van der Waals surface area contributed by atoms with Crippen LogP contribution in [-0.4, -0.2) is 66.0 Å². The fraction of sp³-hybridized carbons (Fsp3) is 0.765. The number of hydrogen-bond donors (Lipinski definition) is 0. The minimum Gasteiger partial charge on any atom is -0.343 e. The number of anilines is 1. The van der Waals surface area contributed by atoms with Crippen LogP contribution in [0.1, 0.15) is 32.4 Å². The second-order valence-corrected chi connectivity index (χ2v) is 7.86. The number of hydrogen-bond acceptors (Lipinski definition) is 5. The van der Waals surface area contributed by atoms with Crippen molar-refractivity contribution in [3.8, 4) is 0 Å². The molecule has 1 amide bonds. The molecule has 1 atom stereocenters. The molecule has 0 bridgehead atoms. The summed E-state index contributed by atoms with van der Waals surface area (Å²) < 4.78 is 0. The van der Waals surface area contributed by atoms with Gasteiger partial charge in [-0.3, -0.25) is 9.69 Å². The van der Waals surface area contributed by atoms with Gasteiger partial charge >= 0.3 is 0 Å². The Balaban J connectivity index is 1.48. The molecular formula is C17H28N4OS. The molecule has 2 aliphatic heterocycles. The molecule has 23 heavy (non-hydrogen) atoms. The Hall–Kier alpha value is -1.14. The number of carbonyl (C=O) groups excluding carboxylic acids is 1. The van der Waals surface area contributed by atoms with E-state index in [1.807, 2.05) is 4.90 Å². The Bertz CT molecular complexity index is 538. The average molecular weight is 337 g/mol. The number of amides is 1. The van der Waals surface area contributed by atoms with Crippen LogP contribution in [-0.2, 0) is 4.79 Å². The van der Waals surface area contributed by atoms with E-state index in [9.17, 15) is 4.79 Å². The number of nitrogens with zero attached hydrogens (tertiary/aromatic N) is 4. The highest BCUT2D eigenvalue weighted by Gasteiger charge is 2.28. The van der Waals surface area contributed by atoms with Crippen LogP contribution in [0.2, 0.25) is 0 Å². The largest absolute Gasteiger partial charge is 0.343 e. The molecule has 3 rings (SSSR count). The summed E-state index contributed by atoms with van der Waals surface area (Å²) >= 11 is 1.76. The molecule has 6 heteroatoms. The molecule has 0 aliphatic carbocycles. The molecule has 2 saturated heterocycles. The van der Waals surface area contributed by atoms with Crippen LogP contribution in [0, 0.1) is 12.8 Å². The van der Waals surface area contributed by atoms with Crippen molar-refractivity contribution in [1.82, 2.24) is 14.8 Å². The van der Waals surface area contributed by atoms with E-state index in [1.165, 1.54) is 11.7 Å². The summed E-state index contributed by atoms with van der Waals surface area (Å²) in [4.78, 5) is 23.1. The monoisotopic (exact) mass is 336 g/mol. The van der Waals surface area contributed by atoms with E-state index in [-0.39, 0.29) is 5.91 Å². The van der Waals surface area contributed by atoms with E-state index in [0.29, 0.717) is 6.04 Å².